The monoisotopic (exact) mass is 256 g/mol. The van der Waals surface area contributed by atoms with Crippen molar-refractivity contribution in [2.45, 2.75) is 39.7 Å². The Balaban J connectivity index is 0.000000331. The van der Waals surface area contributed by atoms with Crippen molar-refractivity contribution in [1.29, 1.82) is 0 Å². The maximum atomic E-state index is 10.5. The summed E-state index contributed by atoms with van der Waals surface area (Å²) in [6, 6.07) is 0.845. The lowest BCUT2D eigenvalue weighted by Crippen LogP contribution is -2.50. The smallest absolute Gasteiger partial charge is 0.243 e. The first-order valence-electron chi connectivity index (χ1n) is 6.69. The van der Waals surface area contributed by atoms with Crippen LogP contribution in [0.25, 0.3) is 0 Å². The van der Waals surface area contributed by atoms with Crippen LogP contribution in [-0.4, -0.2) is 55.1 Å². The van der Waals surface area contributed by atoms with Crippen LogP contribution in [0.3, 0.4) is 0 Å². The predicted octanol–water partition coefficient (Wildman–Crippen LogP) is 2.55. The van der Waals surface area contributed by atoms with E-state index in [4.69, 9.17) is 0 Å². The predicted molar refractivity (Wildman–Crippen MR) is 77.5 cm³/mol. The molecule has 0 spiro atoms. The van der Waals surface area contributed by atoms with E-state index >= 15 is 0 Å². The van der Waals surface area contributed by atoms with Gasteiger partial charge >= 0.3 is 0 Å². The number of hydrogen-bond donors (Lipinski definition) is 0. The van der Waals surface area contributed by atoms with Crippen molar-refractivity contribution in [3.8, 4) is 0 Å². The molecule has 4 heteroatoms. The third-order valence-electron chi connectivity index (χ3n) is 3.73. The first-order valence-corrected chi connectivity index (χ1v) is 6.69. The van der Waals surface area contributed by atoms with E-state index in [1.54, 1.807) is 20.2 Å². The first kappa shape index (κ1) is 17.1. The van der Waals surface area contributed by atoms with Gasteiger partial charge in [-0.2, -0.15) is 0 Å². The van der Waals surface area contributed by atoms with Crippen LogP contribution in [0.2, 0.25) is 0 Å². The minimum absolute atomic E-state index is 0.354. The highest BCUT2D eigenvalue weighted by Gasteiger charge is 2.40. The summed E-state index contributed by atoms with van der Waals surface area (Å²) in [5.74, 6) is 0. The molecular formula is C14H30N3O+. The Kier molecular flexibility index (Phi) is 7.14. The largest absolute Gasteiger partial charge is 0.303 e. The van der Waals surface area contributed by atoms with Gasteiger partial charge in [-0.3, -0.25) is 0 Å². The quantitative estimate of drug-likeness (QED) is 0.430. The summed E-state index contributed by atoms with van der Waals surface area (Å²) in [6.07, 6.45) is 4.37. The van der Waals surface area contributed by atoms with Crippen molar-refractivity contribution in [3.63, 3.8) is 0 Å². The van der Waals surface area contributed by atoms with Gasteiger partial charge < -0.3 is 4.90 Å². The molecule has 0 saturated heterocycles. The van der Waals surface area contributed by atoms with Crippen LogP contribution in [0.5, 0.6) is 0 Å². The van der Waals surface area contributed by atoms with Crippen molar-refractivity contribution >= 4 is 0 Å². The van der Waals surface area contributed by atoms with E-state index in [0.29, 0.717) is 12.0 Å². The molecule has 0 N–H and O–H groups in total. The molecule has 0 aliphatic heterocycles. The molecule has 0 aromatic rings. The SMILES string of the molecule is C=CC[N+](=O)N(C)C.CCN(C)C1CCC1(C)C. The molecule has 1 aliphatic carbocycles. The summed E-state index contributed by atoms with van der Waals surface area (Å²) < 4.78 is 0. The lowest BCUT2D eigenvalue weighted by molar-refractivity contribution is -0.688. The Bertz CT molecular complexity index is 274. The summed E-state index contributed by atoms with van der Waals surface area (Å²) in [6.45, 7) is 11.9. The summed E-state index contributed by atoms with van der Waals surface area (Å²) in [7, 11) is 5.61. The topological polar surface area (TPSA) is 26.6 Å². The van der Waals surface area contributed by atoms with E-state index in [9.17, 15) is 4.91 Å². The molecule has 0 aromatic carbocycles. The number of hydrogen-bond acceptors (Lipinski definition) is 2. The van der Waals surface area contributed by atoms with E-state index in [2.05, 4.69) is 39.3 Å². The summed E-state index contributed by atoms with van der Waals surface area (Å²) >= 11 is 0. The van der Waals surface area contributed by atoms with Crippen LogP contribution < -0.4 is 0 Å². The molecule has 1 atom stereocenters. The van der Waals surface area contributed by atoms with Gasteiger partial charge in [0.25, 0.3) is 0 Å². The molecule has 0 heterocycles. The number of rotatable bonds is 5. The molecule has 1 rings (SSSR count). The normalized spacial score (nSPS) is 20.5. The zero-order chi connectivity index (χ0) is 14.3. The maximum Gasteiger partial charge on any atom is 0.243 e. The third-order valence-corrected chi connectivity index (χ3v) is 3.73. The van der Waals surface area contributed by atoms with Crippen LogP contribution in [0.1, 0.15) is 33.6 Å². The maximum absolute atomic E-state index is 10.5. The Morgan fingerprint density at radius 1 is 1.39 bits per heavy atom. The standard InChI is InChI=1S/C9H19N.C5H11N2O/c1-5-10(4)8-6-7-9(8,2)3;1-4-5-7(8)6(2)3/h8H,5-7H2,1-4H3;4H,1,5H2,2-3H3/q;+1. The molecule has 1 aliphatic rings. The average molecular weight is 256 g/mol. The summed E-state index contributed by atoms with van der Waals surface area (Å²) in [4.78, 5) is 13.8. The van der Waals surface area contributed by atoms with Gasteiger partial charge in [-0.1, -0.05) is 27.4 Å². The molecule has 18 heavy (non-hydrogen) atoms. The van der Waals surface area contributed by atoms with Crippen molar-refractivity contribution in [2.75, 3.05) is 34.2 Å². The van der Waals surface area contributed by atoms with Crippen LogP contribution in [0.15, 0.2) is 12.7 Å². The van der Waals surface area contributed by atoms with E-state index < -0.39 is 0 Å². The Hall–Kier alpha value is -0.900. The van der Waals surface area contributed by atoms with Crippen molar-refractivity contribution in [2.24, 2.45) is 5.41 Å². The van der Waals surface area contributed by atoms with Crippen molar-refractivity contribution < 1.29 is 4.87 Å². The fourth-order valence-corrected chi connectivity index (χ4v) is 2.16. The fraction of sp³-hybridized carbons (Fsp3) is 0.857. The van der Waals surface area contributed by atoms with Gasteiger partial charge in [0.1, 0.15) is 4.87 Å². The zero-order valence-electron chi connectivity index (χ0n) is 12.9. The van der Waals surface area contributed by atoms with E-state index in [1.807, 2.05) is 0 Å². The van der Waals surface area contributed by atoms with Gasteiger partial charge in [0, 0.05) is 6.04 Å². The van der Waals surface area contributed by atoms with Gasteiger partial charge in [-0.15, -0.1) is 5.01 Å². The van der Waals surface area contributed by atoms with Gasteiger partial charge in [-0.05, 0) is 37.9 Å². The fourth-order valence-electron chi connectivity index (χ4n) is 2.16. The van der Waals surface area contributed by atoms with E-state index in [-0.39, 0.29) is 0 Å². The lowest BCUT2D eigenvalue weighted by Gasteiger charge is -2.49. The highest BCUT2D eigenvalue weighted by molar-refractivity contribution is 4.94. The molecule has 4 nitrogen and oxygen atoms in total. The summed E-state index contributed by atoms with van der Waals surface area (Å²) in [5, 5.41) is 1.46. The molecule has 0 radical (unpaired) electrons. The Morgan fingerprint density at radius 3 is 2.06 bits per heavy atom. The molecule has 106 valence electrons. The average Bonchev–Trinajstić information content (AvgIpc) is 2.28. The molecule has 0 amide bonds. The number of hydrazine groups is 1. The molecule has 1 fully saturated rings. The van der Waals surface area contributed by atoms with Crippen LogP contribution in [0.4, 0.5) is 0 Å². The minimum Gasteiger partial charge on any atom is -0.303 e. The van der Waals surface area contributed by atoms with Gasteiger partial charge in [0.15, 0.2) is 0 Å². The van der Waals surface area contributed by atoms with Gasteiger partial charge in [0.2, 0.25) is 6.54 Å². The second-order valence-corrected chi connectivity index (χ2v) is 5.79. The molecule has 0 bridgehead atoms. The first-order chi connectivity index (χ1) is 8.26. The zero-order valence-corrected chi connectivity index (χ0v) is 12.9. The number of nitrogens with zero attached hydrogens (tertiary/aromatic N) is 3. The van der Waals surface area contributed by atoms with Crippen LogP contribution in [0, 0.1) is 10.3 Å². The van der Waals surface area contributed by atoms with E-state index in [0.717, 1.165) is 10.9 Å². The molecule has 1 unspecified atom stereocenters. The van der Waals surface area contributed by atoms with Crippen LogP contribution in [-0.2, 0) is 0 Å². The second-order valence-electron chi connectivity index (χ2n) is 5.79. The van der Waals surface area contributed by atoms with E-state index in [1.165, 1.54) is 24.4 Å². The molecular weight excluding hydrogens is 226 g/mol. The van der Waals surface area contributed by atoms with Gasteiger partial charge in [0.05, 0.1) is 19.0 Å². The van der Waals surface area contributed by atoms with Crippen molar-refractivity contribution in [1.82, 2.24) is 9.91 Å². The number of nitroso groups, excluding NO2 is 1. The highest BCUT2D eigenvalue weighted by Crippen LogP contribution is 2.42. The molecule has 1 saturated carbocycles. The van der Waals surface area contributed by atoms with Crippen molar-refractivity contribution in [3.05, 3.63) is 17.6 Å². The second kappa shape index (κ2) is 7.52. The third kappa shape index (κ3) is 5.17. The minimum atomic E-state index is 0.354. The Labute approximate surface area is 112 Å². The Morgan fingerprint density at radius 2 is 1.94 bits per heavy atom. The summed E-state index contributed by atoms with van der Waals surface area (Å²) in [5.41, 5.74) is 0.588. The molecule has 0 aromatic heterocycles. The highest BCUT2D eigenvalue weighted by atomic mass is 16.3. The lowest BCUT2D eigenvalue weighted by atomic mass is 9.67. The van der Waals surface area contributed by atoms with Crippen LogP contribution >= 0.6 is 0 Å². The van der Waals surface area contributed by atoms with Gasteiger partial charge in [-0.25, -0.2) is 0 Å².